The van der Waals surface area contributed by atoms with Crippen LogP contribution in [0.2, 0.25) is 0 Å². The van der Waals surface area contributed by atoms with Gasteiger partial charge in [-0.05, 0) is 50.4 Å². The van der Waals surface area contributed by atoms with Gasteiger partial charge in [0.15, 0.2) is 0 Å². The number of aryl methyl sites for hydroxylation is 1. The molecule has 2 atom stereocenters. The van der Waals surface area contributed by atoms with Gasteiger partial charge in [0.2, 0.25) is 0 Å². The molecule has 1 aliphatic rings. The lowest BCUT2D eigenvalue weighted by molar-refractivity contribution is -0.143. The van der Waals surface area contributed by atoms with Gasteiger partial charge < -0.3 is 9.84 Å². The zero-order chi connectivity index (χ0) is 18.5. The van der Waals surface area contributed by atoms with Gasteiger partial charge in [0.1, 0.15) is 5.75 Å². The van der Waals surface area contributed by atoms with Crippen LogP contribution in [0.5, 0.6) is 5.75 Å². The molecule has 138 valence electrons. The molecular formula is C22H27NO3. The summed E-state index contributed by atoms with van der Waals surface area (Å²) in [6.45, 7) is 6.17. The normalized spacial score (nSPS) is 19.1. The molecule has 26 heavy (non-hydrogen) atoms. The van der Waals surface area contributed by atoms with Crippen molar-refractivity contribution in [3.8, 4) is 5.75 Å². The molecule has 0 spiro atoms. The largest absolute Gasteiger partial charge is 0.494 e. The Bertz CT molecular complexity index is 759. The minimum absolute atomic E-state index is 0.00102. The number of carbonyl (C=O) groups is 1. The summed E-state index contributed by atoms with van der Waals surface area (Å²) in [7, 11) is 0. The van der Waals surface area contributed by atoms with Crippen LogP contribution in [0.1, 0.15) is 42.5 Å². The SMILES string of the molecule is CCOc1ccccc1C(c1ccccc1C)N1CCCC(C(=O)O)C1. The highest BCUT2D eigenvalue weighted by molar-refractivity contribution is 5.70. The Hall–Kier alpha value is -2.33. The van der Waals surface area contributed by atoms with Crippen molar-refractivity contribution in [1.82, 2.24) is 4.90 Å². The Balaban J connectivity index is 2.06. The number of aliphatic carboxylic acids is 1. The van der Waals surface area contributed by atoms with Crippen molar-refractivity contribution in [2.45, 2.75) is 32.7 Å². The second-order valence-corrected chi connectivity index (χ2v) is 6.90. The highest BCUT2D eigenvalue weighted by Gasteiger charge is 2.33. The number of hydrogen-bond acceptors (Lipinski definition) is 3. The van der Waals surface area contributed by atoms with Gasteiger partial charge in [0.05, 0.1) is 18.6 Å². The monoisotopic (exact) mass is 353 g/mol. The van der Waals surface area contributed by atoms with Crippen LogP contribution >= 0.6 is 0 Å². The van der Waals surface area contributed by atoms with E-state index in [1.165, 1.54) is 11.1 Å². The first kappa shape index (κ1) is 18.5. The zero-order valence-electron chi connectivity index (χ0n) is 15.5. The number of benzene rings is 2. The Morgan fingerprint density at radius 2 is 1.88 bits per heavy atom. The molecule has 0 saturated carbocycles. The Morgan fingerprint density at radius 3 is 2.58 bits per heavy atom. The van der Waals surface area contributed by atoms with E-state index in [0.717, 1.165) is 30.7 Å². The maximum absolute atomic E-state index is 11.6. The minimum Gasteiger partial charge on any atom is -0.494 e. The lowest BCUT2D eigenvalue weighted by atomic mass is 9.89. The maximum atomic E-state index is 11.6. The van der Waals surface area contributed by atoms with Crippen molar-refractivity contribution >= 4 is 5.97 Å². The van der Waals surface area contributed by atoms with Crippen LogP contribution in [0, 0.1) is 12.8 Å². The number of carboxylic acids is 1. The quantitative estimate of drug-likeness (QED) is 0.842. The summed E-state index contributed by atoms with van der Waals surface area (Å²) in [4.78, 5) is 13.9. The van der Waals surface area contributed by atoms with Crippen molar-refractivity contribution < 1.29 is 14.6 Å². The van der Waals surface area contributed by atoms with E-state index in [0.29, 0.717) is 13.2 Å². The van der Waals surface area contributed by atoms with Gasteiger partial charge in [0, 0.05) is 12.1 Å². The van der Waals surface area contributed by atoms with Crippen molar-refractivity contribution in [1.29, 1.82) is 0 Å². The van der Waals surface area contributed by atoms with Crippen LogP contribution in [0.25, 0.3) is 0 Å². The third kappa shape index (κ3) is 3.91. The molecule has 0 radical (unpaired) electrons. The Kier molecular flexibility index (Phi) is 5.94. The predicted octanol–water partition coefficient (Wildman–Crippen LogP) is 4.28. The molecule has 0 aliphatic carbocycles. The molecule has 4 heteroatoms. The molecule has 0 bridgehead atoms. The third-order valence-electron chi connectivity index (χ3n) is 5.16. The molecule has 1 saturated heterocycles. The molecule has 3 rings (SSSR count). The van der Waals surface area contributed by atoms with Gasteiger partial charge in [-0.2, -0.15) is 0 Å². The highest BCUT2D eigenvalue weighted by atomic mass is 16.5. The second kappa shape index (κ2) is 8.37. The molecule has 1 aliphatic heterocycles. The summed E-state index contributed by atoms with van der Waals surface area (Å²) in [5, 5.41) is 9.52. The number of ether oxygens (including phenoxy) is 1. The van der Waals surface area contributed by atoms with Gasteiger partial charge in [-0.15, -0.1) is 0 Å². The summed E-state index contributed by atoms with van der Waals surface area (Å²) in [5.74, 6) is -0.133. The van der Waals surface area contributed by atoms with E-state index in [-0.39, 0.29) is 12.0 Å². The van der Waals surface area contributed by atoms with Crippen LogP contribution in [-0.4, -0.2) is 35.7 Å². The number of rotatable bonds is 6. The number of hydrogen-bond donors (Lipinski definition) is 1. The lowest BCUT2D eigenvalue weighted by Gasteiger charge is -2.38. The molecule has 0 amide bonds. The van der Waals surface area contributed by atoms with Crippen LogP contribution in [0.4, 0.5) is 0 Å². The molecule has 1 fully saturated rings. The van der Waals surface area contributed by atoms with Crippen LogP contribution < -0.4 is 4.74 Å². The van der Waals surface area contributed by atoms with E-state index in [1.807, 2.05) is 31.2 Å². The second-order valence-electron chi connectivity index (χ2n) is 6.90. The van der Waals surface area contributed by atoms with Crippen LogP contribution in [0.15, 0.2) is 48.5 Å². The van der Waals surface area contributed by atoms with Crippen molar-refractivity contribution in [3.63, 3.8) is 0 Å². The van der Waals surface area contributed by atoms with Gasteiger partial charge >= 0.3 is 5.97 Å². The molecule has 1 heterocycles. The fourth-order valence-electron chi connectivity index (χ4n) is 3.89. The van der Waals surface area contributed by atoms with Crippen LogP contribution in [-0.2, 0) is 4.79 Å². The minimum atomic E-state index is -0.698. The molecule has 2 aromatic rings. The summed E-state index contributed by atoms with van der Waals surface area (Å²) >= 11 is 0. The summed E-state index contributed by atoms with van der Waals surface area (Å²) in [6, 6.07) is 16.5. The molecule has 0 aromatic heterocycles. The topological polar surface area (TPSA) is 49.8 Å². The number of likely N-dealkylation sites (tertiary alicyclic amines) is 1. The van der Waals surface area contributed by atoms with Crippen molar-refractivity contribution in [2.24, 2.45) is 5.92 Å². The average Bonchev–Trinajstić information content (AvgIpc) is 2.65. The highest BCUT2D eigenvalue weighted by Crippen LogP contribution is 2.38. The first-order valence-electron chi connectivity index (χ1n) is 9.36. The van der Waals surface area contributed by atoms with E-state index in [4.69, 9.17) is 4.74 Å². The van der Waals surface area contributed by atoms with Crippen molar-refractivity contribution in [3.05, 3.63) is 65.2 Å². The van der Waals surface area contributed by atoms with Gasteiger partial charge in [-0.3, -0.25) is 9.69 Å². The summed E-state index contributed by atoms with van der Waals surface area (Å²) in [5.41, 5.74) is 3.53. The zero-order valence-corrected chi connectivity index (χ0v) is 15.5. The first-order valence-corrected chi connectivity index (χ1v) is 9.36. The van der Waals surface area contributed by atoms with Gasteiger partial charge in [0.25, 0.3) is 0 Å². The molecular weight excluding hydrogens is 326 g/mol. The predicted molar refractivity (Wildman–Crippen MR) is 103 cm³/mol. The molecule has 2 aromatic carbocycles. The lowest BCUT2D eigenvalue weighted by Crippen LogP contribution is -2.41. The maximum Gasteiger partial charge on any atom is 0.307 e. The standard InChI is InChI=1S/C22H27NO3/c1-3-26-20-13-7-6-12-19(20)21(18-11-5-4-9-16(18)2)23-14-8-10-17(15-23)22(24)25/h4-7,9,11-13,17,21H,3,8,10,14-15H2,1-2H3,(H,24,25). The van der Waals surface area contributed by atoms with Gasteiger partial charge in [-0.1, -0.05) is 42.5 Å². The first-order chi connectivity index (χ1) is 12.6. The Labute approximate surface area is 155 Å². The van der Waals surface area contributed by atoms with E-state index in [1.54, 1.807) is 0 Å². The van der Waals surface area contributed by atoms with E-state index in [2.05, 4.69) is 36.1 Å². The number of para-hydroxylation sites is 1. The van der Waals surface area contributed by atoms with Gasteiger partial charge in [-0.25, -0.2) is 0 Å². The molecule has 4 nitrogen and oxygen atoms in total. The van der Waals surface area contributed by atoms with Crippen molar-refractivity contribution in [2.75, 3.05) is 19.7 Å². The Morgan fingerprint density at radius 1 is 1.19 bits per heavy atom. The molecule has 2 unspecified atom stereocenters. The van der Waals surface area contributed by atoms with E-state index >= 15 is 0 Å². The van der Waals surface area contributed by atoms with E-state index in [9.17, 15) is 9.90 Å². The fraction of sp³-hybridized carbons (Fsp3) is 0.409. The smallest absolute Gasteiger partial charge is 0.307 e. The van der Waals surface area contributed by atoms with Crippen LogP contribution in [0.3, 0.4) is 0 Å². The molecule has 1 N–H and O–H groups in total. The fourth-order valence-corrected chi connectivity index (χ4v) is 3.89. The third-order valence-corrected chi connectivity index (χ3v) is 5.16. The number of carboxylic acid groups (broad SMARTS) is 1. The summed E-state index contributed by atoms with van der Waals surface area (Å²) < 4.78 is 5.90. The summed E-state index contributed by atoms with van der Waals surface area (Å²) in [6.07, 6.45) is 1.65. The average molecular weight is 353 g/mol. The van der Waals surface area contributed by atoms with E-state index < -0.39 is 5.97 Å². The number of piperidine rings is 1. The number of nitrogens with zero attached hydrogens (tertiary/aromatic N) is 1.